The Hall–Kier alpha value is -1.27. The van der Waals surface area contributed by atoms with E-state index in [2.05, 4.69) is 0 Å². The predicted octanol–water partition coefficient (Wildman–Crippen LogP) is 2.33. The molecule has 0 heterocycles. The average Bonchev–Trinajstić information content (AvgIpc) is 2.96. The Morgan fingerprint density at radius 2 is 1.79 bits per heavy atom. The standard InChI is InChI=1S/C12H18F3NO3/c1-7(2)10(3,9(18)19)6-8(17)16-11(4-5-11)12(13,14)15/h7H,4-6H2,1-3H3,(H,16,17)(H,18,19). The smallest absolute Gasteiger partial charge is 0.411 e. The number of rotatable bonds is 5. The van der Waals surface area contributed by atoms with Crippen LogP contribution in [0.3, 0.4) is 0 Å². The summed E-state index contributed by atoms with van der Waals surface area (Å²) >= 11 is 0. The summed E-state index contributed by atoms with van der Waals surface area (Å²) < 4.78 is 38.0. The van der Waals surface area contributed by atoms with Crippen molar-refractivity contribution in [3.63, 3.8) is 0 Å². The molecular formula is C12H18F3NO3. The highest BCUT2D eigenvalue weighted by molar-refractivity contribution is 5.85. The molecule has 0 saturated heterocycles. The molecule has 1 rings (SSSR count). The molecule has 1 aliphatic carbocycles. The molecule has 0 aromatic heterocycles. The van der Waals surface area contributed by atoms with Gasteiger partial charge in [-0.05, 0) is 25.7 Å². The largest absolute Gasteiger partial charge is 0.481 e. The summed E-state index contributed by atoms with van der Waals surface area (Å²) in [5.74, 6) is -2.42. The molecule has 4 nitrogen and oxygen atoms in total. The van der Waals surface area contributed by atoms with Crippen LogP contribution in [0, 0.1) is 11.3 Å². The monoisotopic (exact) mass is 281 g/mol. The molecule has 0 aromatic rings. The molecule has 0 spiro atoms. The third kappa shape index (κ3) is 3.01. The molecule has 1 unspecified atom stereocenters. The van der Waals surface area contributed by atoms with Crippen molar-refractivity contribution in [2.75, 3.05) is 0 Å². The highest BCUT2D eigenvalue weighted by atomic mass is 19.4. The first-order valence-corrected chi connectivity index (χ1v) is 6.06. The van der Waals surface area contributed by atoms with E-state index < -0.39 is 35.4 Å². The predicted molar refractivity (Wildman–Crippen MR) is 61.4 cm³/mol. The fourth-order valence-corrected chi connectivity index (χ4v) is 1.78. The summed E-state index contributed by atoms with van der Waals surface area (Å²) in [5.41, 5.74) is -3.51. The number of carbonyl (C=O) groups excluding carboxylic acids is 1. The van der Waals surface area contributed by atoms with Crippen LogP contribution in [-0.2, 0) is 9.59 Å². The van der Waals surface area contributed by atoms with Crippen LogP contribution in [0.15, 0.2) is 0 Å². The number of halogens is 3. The van der Waals surface area contributed by atoms with E-state index in [0.717, 1.165) is 0 Å². The van der Waals surface area contributed by atoms with Gasteiger partial charge in [0.15, 0.2) is 0 Å². The Bertz CT molecular complexity index is 388. The van der Waals surface area contributed by atoms with Gasteiger partial charge in [0, 0.05) is 6.42 Å². The lowest BCUT2D eigenvalue weighted by Gasteiger charge is -2.29. The summed E-state index contributed by atoms with van der Waals surface area (Å²) in [4.78, 5) is 22.9. The van der Waals surface area contributed by atoms with Gasteiger partial charge in [-0.1, -0.05) is 13.8 Å². The van der Waals surface area contributed by atoms with Crippen LogP contribution in [0.4, 0.5) is 13.2 Å². The molecule has 2 N–H and O–H groups in total. The molecular weight excluding hydrogens is 263 g/mol. The van der Waals surface area contributed by atoms with Gasteiger partial charge in [-0.3, -0.25) is 9.59 Å². The van der Waals surface area contributed by atoms with Crippen LogP contribution in [0.2, 0.25) is 0 Å². The summed E-state index contributed by atoms with van der Waals surface area (Å²) in [5, 5.41) is 11.1. The number of carbonyl (C=O) groups is 2. The number of carboxylic acid groups (broad SMARTS) is 1. The minimum absolute atomic E-state index is 0.145. The van der Waals surface area contributed by atoms with E-state index in [9.17, 15) is 22.8 Å². The lowest BCUT2D eigenvalue weighted by molar-refractivity contribution is -0.172. The summed E-state index contributed by atoms with van der Waals surface area (Å²) in [6.45, 7) is 4.61. The lowest BCUT2D eigenvalue weighted by atomic mass is 9.76. The van der Waals surface area contributed by atoms with Crippen molar-refractivity contribution in [2.24, 2.45) is 11.3 Å². The van der Waals surface area contributed by atoms with E-state index in [1.54, 1.807) is 13.8 Å². The Morgan fingerprint density at radius 1 is 1.32 bits per heavy atom. The second kappa shape index (κ2) is 4.68. The molecule has 1 saturated carbocycles. The van der Waals surface area contributed by atoms with Gasteiger partial charge in [-0.2, -0.15) is 13.2 Å². The quantitative estimate of drug-likeness (QED) is 0.812. The van der Waals surface area contributed by atoms with Gasteiger partial charge in [0.2, 0.25) is 5.91 Å². The summed E-state index contributed by atoms with van der Waals surface area (Å²) in [6.07, 6.45) is -5.24. The Balaban J connectivity index is 2.73. The zero-order valence-corrected chi connectivity index (χ0v) is 11.1. The number of hydrogen-bond donors (Lipinski definition) is 2. The molecule has 0 aromatic carbocycles. The minimum Gasteiger partial charge on any atom is -0.481 e. The molecule has 7 heteroatoms. The van der Waals surface area contributed by atoms with Gasteiger partial charge in [0.05, 0.1) is 5.41 Å². The van der Waals surface area contributed by atoms with Crippen LogP contribution in [0.5, 0.6) is 0 Å². The Morgan fingerprint density at radius 3 is 2.05 bits per heavy atom. The zero-order chi connectivity index (χ0) is 15.1. The number of alkyl halides is 3. The maximum absolute atomic E-state index is 12.7. The highest BCUT2D eigenvalue weighted by Gasteiger charge is 2.64. The SMILES string of the molecule is CC(C)C(C)(CC(=O)NC1(C(F)(F)F)CC1)C(=O)O. The molecule has 19 heavy (non-hydrogen) atoms. The van der Waals surface area contributed by atoms with Gasteiger partial charge in [0.25, 0.3) is 0 Å². The van der Waals surface area contributed by atoms with E-state index in [1.807, 2.05) is 5.32 Å². The van der Waals surface area contributed by atoms with E-state index >= 15 is 0 Å². The van der Waals surface area contributed by atoms with Crippen LogP contribution in [0.1, 0.15) is 40.0 Å². The van der Waals surface area contributed by atoms with Crippen LogP contribution < -0.4 is 5.32 Å². The van der Waals surface area contributed by atoms with Crippen molar-refractivity contribution in [3.8, 4) is 0 Å². The maximum atomic E-state index is 12.7. The molecule has 1 aliphatic rings. The fourth-order valence-electron chi connectivity index (χ4n) is 1.78. The van der Waals surface area contributed by atoms with Crippen molar-refractivity contribution in [1.82, 2.24) is 5.32 Å². The van der Waals surface area contributed by atoms with E-state index in [1.165, 1.54) is 6.92 Å². The summed E-state index contributed by atoms with van der Waals surface area (Å²) in [7, 11) is 0. The van der Waals surface area contributed by atoms with Gasteiger partial charge in [-0.25, -0.2) is 0 Å². The molecule has 0 aliphatic heterocycles. The van der Waals surface area contributed by atoms with Crippen LogP contribution >= 0.6 is 0 Å². The van der Waals surface area contributed by atoms with Crippen molar-refractivity contribution >= 4 is 11.9 Å². The number of carboxylic acids is 1. The van der Waals surface area contributed by atoms with E-state index in [-0.39, 0.29) is 18.8 Å². The van der Waals surface area contributed by atoms with Crippen molar-refractivity contribution in [1.29, 1.82) is 0 Å². The zero-order valence-electron chi connectivity index (χ0n) is 11.1. The first-order valence-electron chi connectivity index (χ1n) is 6.06. The number of amides is 1. The molecule has 110 valence electrons. The second-order valence-electron chi connectivity index (χ2n) is 5.68. The summed E-state index contributed by atoms with van der Waals surface area (Å²) in [6, 6.07) is 0. The first kappa shape index (κ1) is 15.8. The van der Waals surface area contributed by atoms with Gasteiger partial charge in [-0.15, -0.1) is 0 Å². The third-order valence-electron chi connectivity index (χ3n) is 3.96. The molecule has 1 fully saturated rings. The number of aliphatic carboxylic acids is 1. The fraction of sp³-hybridized carbons (Fsp3) is 0.833. The van der Waals surface area contributed by atoms with Crippen LogP contribution in [-0.4, -0.2) is 28.7 Å². The minimum atomic E-state index is -4.49. The average molecular weight is 281 g/mol. The molecule has 1 amide bonds. The Kier molecular flexibility index (Phi) is 3.89. The van der Waals surface area contributed by atoms with Gasteiger partial charge in [0.1, 0.15) is 5.54 Å². The first-order chi connectivity index (χ1) is 8.44. The van der Waals surface area contributed by atoms with E-state index in [0.29, 0.717) is 0 Å². The van der Waals surface area contributed by atoms with Gasteiger partial charge < -0.3 is 10.4 Å². The normalized spacial score (nSPS) is 20.8. The van der Waals surface area contributed by atoms with Gasteiger partial charge >= 0.3 is 12.1 Å². The van der Waals surface area contributed by atoms with E-state index in [4.69, 9.17) is 5.11 Å². The third-order valence-corrected chi connectivity index (χ3v) is 3.96. The van der Waals surface area contributed by atoms with Crippen molar-refractivity contribution in [2.45, 2.75) is 51.7 Å². The topological polar surface area (TPSA) is 66.4 Å². The lowest BCUT2D eigenvalue weighted by Crippen LogP contribution is -2.50. The Labute approximate surface area is 109 Å². The van der Waals surface area contributed by atoms with Crippen molar-refractivity contribution in [3.05, 3.63) is 0 Å². The molecule has 0 radical (unpaired) electrons. The molecule has 0 bridgehead atoms. The van der Waals surface area contributed by atoms with Crippen LogP contribution in [0.25, 0.3) is 0 Å². The maximum Gasteiger partial charge on any atom is 0.411 e. The number of nitrogens with one attached hydrogen (secondary N) is 1. The molecule has 1 atom stereocenters. The van der Waals surface area contributed by atoms with Crippen molar-refractivity contribution < 1.29 is 27.9 Å². The second-order valence-corrected chi connectivity index (χ2v) is 5.68. The highest BCUT2D eigenvalue weighted by Crippen LogP contribution is 2.49. The number of hydrogen-bond acceptors (Lipinski definition) is 2.